The number of nitrogens with one attached hydrogen (secondary N) is 3. The first-order chi connectivity index (χ1) is 22.2. The van der Waals surface area contributed by atoms with Crippen LogP contribution in [-0.4, -0.2) is 34.6 Å². The van der Waals surface area contributed by atoms with Crippen LogP contribution in [0.2, 0.25) is 10.0 Å². The molecule has 3 N–H and O–H groups in total. The molecule has 12 heteroatoms. The predicted octanol–water partition coefficient (Wildman–Crippen LogP) is 8.53. The highest BCUT2D eigenvalue weighted by Gasteiger charge is 2.19. The molecule has 0 radical (unpaired) electrons. The molecule has 5 rings (SSSR count). The maximum atomic E-state index is 13.5. The molecule has 3 amide bonds. The summed E-state index contributed by atoms with van der Waals surface area (Å²) < 4.78 is 6.47. The van der Waals surface area contributed by atoms with Crippen LogP contribution in [0.3, 0.4) is 0 Å². The summed E-state index contributed by atoms with van der Waals surface area (Å²) in [5.74, 6) is -0.524. The van der Waals surface area contributed by atoms with E-state index in [-0.39, 0.29) is 11.6 Å². The van der Waals surface area contributed by atoms with E-state index in [0.717, 1.165) is 20.9 Å². The second-order valence-electron chi connectivity index (χ2n) is 9.83. The number of amides is 3. The number of benzene rings is 4. The number of rotatable bonds is 11. The fourth-order valence-electron chi connectivity index (χ4n) is 4.26. The zero-order valence-corrected chi connectivity index (χ0v) is 27.8. The van der Waals surface area contributed by atoms with Gasteiger partial charge in [0.1, 0.15) is 11.4 Å². The van der Waals surface area contributed by atoms with Gasteiger partial charge in [-0.1, -0.05) is 64.9 Å². The number of hydrogen-bond acceptors (Lipinski definition) is 7. The van der Waals surface area contributed by atoms with Gasteiger partial charge in [0, 0.05) is 31.8 Å². The first-order valence-corrected chi connectivity index (χ1v) is 16.6. The Hall–Kier alpha value is -4.35. The number of anilines is 2. The summed E-state index contributed by atoms with van der Waals surface area (Å²) in [6.45, 7) is 4.28. The number of halogens is 2. The van der Waals surface area contributed by atoms with E-state index in [1.165, 1.54) is 29.2 Å². The first kappa shape index (κ1) is 33.0. The van der Waals surface area contributed by atoms with Gasteiger partial charge < -0.3 is 20.7 Å². The number of carbonyl (C=O) groups excluding carboxylic acids is 3. The number of carbonyl (C=O) groups is 3. The lowest BCUT2D eigenvalue weighted by Gasteiger charge is -2.14. The van der Waals surface area contributed by atoms with Gasteiger partial charge in [-0.2, -0.15) is 0 Å². The highest BCUT2D eigenvalue weighted by molar-refractivity contribution is 8.00. The first-order valence-electron chi connectivity index (χ1n) is 14.1. The second-order valence-corrected chi connectivity index (χ2v) is 13.1. The maximum absolute atomic E-state index is 13.5. The van der Waals surface area contributed by atoms with Crippen molar-refractivity contribution in [1.29, 1.82) is 0 Å². The summed E-state index contributed by atoms with van der Waals surface area (Å²) in [5, 5.41) is 9.07. The van der Waals surface area contributed by atoms with Gasteiger partial charge in [0.15, 0.2) is 5.13 Å². The molecule has 0 aliphatic heterocycles. The van der Waals surface area contributed by atoms with Gasteiger partial charge in [-0.25, -0.2) is 4.98 Å². The molecule has 0 aliphatic rings. The van der Waals surface area contributed by atoms with Crippen molar-refractivity contribution < 1.29 is 19.1 Å². The monoisotopic (exact) mass is 690 g/mol. The SMILES string of the molecule is CCOc1ccc2nc(NC(=O)C(C)Sc3cccc(NC(=O)/C(=C\c4c(Cl)cccc4Cl)NC(=O)c4ccccc4)c3)sc2c1. The standard InChI is InChI=1S/C34H28Cl2N4O4S2/c1-3-44-23-15-16-28-30(18-23)46-34(39-28)40-31(41)20(2)45-24-12-7-11-22(17-24)37-33(43)29(19-25-26(35)13-8-14-27(25)36)38-32(42)21-9-5-4-6-10-21/h4-20H,3H2,1-2H3,(H,37,43)(H,38,42)(H,39,40,41)/b29-19+. The predicted molar refractivity (Wildman–Crippen MR) is 188 cm³/mol. The third kappa shape index (κ3) is 8.46. The van der Waals surface area contributed by atoms with E-state index in [1.54, 1.807) is 73.7 Å². The average molecular weight is 692 g/mol. The number of aromatic nitrogens is 1. The Labute approximate surface area is 284 Å². The van der Waals surface area contributed by atoms with Crippen LogP contribution < -0.4 is 20.7 Å². The summed E-state index contributed by atoms with van der Waals surface area (Å²) in [5.41, 5.74) is 1.94. The van der Waals surface area contributed by atoms with E-state index >= 15 is 0 Å². The minimum Gasteiger partial charge on any atom is -0.494 e. The summed E-state index contributed by atoms with van der Waals surface area (Å²) >= 11 is 15.4. The van der Waals surface area contributed by atoms with Crippen molar-refractivity contribution in [1.82, 2.24) is 10.3 Å². The quantitative estimate of drug-likeness (QED) is 0.0947. The molecular formula is C34H28Cl2N4O4S2. The number of nitrogens with zero attached hydrogens (tertiary/aromatic N) is 1. The van der Waals surface area contributed by atoms with Gasteiger partial charge in [0.25, 0.3) is 11.8 Å². The number of ether oxygens (including phenoxy) is 1. The van der Waals surface area contributed by atoms with Gasteiger partial charge >= 0.3 is 0 Å². The van der Waals surface area contributed by atoms with Crippen molar-refractivity contribution in [2.24, 2.45) is 0 Å². The van der Waals surface area contributed by atoms with E-state index in [2.05, 4.69) is 20.9 Å². The minimum absolute atomic E-state index is 0.0566. The molecule has 0 saturated carbocycles. The van der Waals surface area contributed by atoms with Gasteiger partial charge in [-0.15, -0.1) is 11.8 Å². The van der Waals surface area contributed by atoms with Gasteiger partial charge in [0.05, 0.1) is 22.1 Å². The Morgan fingerprint density at radius 3 is 2.41 bits per heavy atom. The average Bonchev–Trinajstić information content (AvgIpc) is 3.44. The van der Waals surface area contributed by atoms with E-state index in [9.17, 15) is 14.4 Å². The number of fused-ring (bicyclic) bond motifs is 1. The highest BCUT2D eigenvalue weighted by atomic mass is 35.5. The normalized spacial score (nSPS) is 12.0. The van der Waals surface area contributed by atoms with Crippen molar-refractivity contribution in [2.45, 2.75) is 24.0 Å². The van der Waals surface area contributed by atoms with Gasteiger partial charge in [-0.05, 0) is 80.6 Å². The lowest BCUT2D eigenvalue weighted by atomic mass is 10.1. The molecule has 8 nitrogen and oxygen atoms in total. The Kier molecular flexibility index (Phi) is 11.0. The molecule has 1 unspecified atom stereocenters. The Morgan fingerprint density at radius 2 is 1.67 bits per heavy atom. The molecule has 0 bridgehead atoms. The minimum atomic E-state index is -0.587. The zero-order chi connectivity index (χ0) is 32.6. The molecule has 46 heavy (non-hydrogen) atoms. The molecular weight excluding hydrogens is 663 g/mol. The third-order valence-corrected chi connectivity index (χ3v) is 9.18. The van der Waals surface area contributed by atoms with Crippen molar-refractivity contribution in [3.63, 3.8) is 0 Å². The lowest BCUT2D eigenvalue weighted by Crippen LogP contribution is -2.30. The van der Waals surface area contributed by atoms with Crippen molar-refractivity contribution in [3.8, 4) is 5.75 Å². The molecule has 1 aromatic heterocycles. The van der Waals surface area contributed by atoms with Crippen molar-refractivity contribution in [2.75, 3.05) is 17.2 Å². The molecule has 4 aromatic carbocycles. The maximum Gasteiger partial charge on any atom is 0.272 e. The summed E-state index contributed by atoms with van der Waals surface area (Å²) in [7, 11) is 0. The Bertz CT molecular complexity index is 1910. The fourth-order valence-corrected chi connectivity index (χ4v) is 6.59. The molecule has 234 valence electrons. The third-order valence-electron chi connectivity index (χ3n) is 6.49. The van der Waals surface area contributed by atoms with Gasteiger partial charge in [-0.3, -0.25) is 14.4 Å². The summed E-state index contributed by atoms with van der Waals surface area (Å²) in [6, 6.07) is 26.2. The van der Waals surface area contributed by atoms with Crippen molar-refractivity contribution in [3.05, 3.63) is 118 Å². The van der Waals surface area contributed by atoms with Crippen LogP contribution in [0.1, 0.15) is 29.8 Å². The van der Waals surface area contributed by atoms with E-state index in [1.807, 2.05) is 31.2 Å². The summed E-state index contributed by atoms with van der Waals surface area (Å²) in [4.78, 5) is 44.8. The molecule has 1 heterocycles. The van der Waals surface area contributed by atoms with Crippen LogP contribution in [0.25, 0.3) is 16.3 Å². The van der Waals surface area contributed by atoms with Crippen LogP contribution in [0.15, 0.2) is 102 Å². The molecule has 1 atom stereocenters. The topological polar surface area (TPSA) is 109 Å². The molecule has 0 fully saturated rings. The molecule has 0 aliphatic carbocycles. The summed E-state index contributed by atoms with van der Waals surface area (Å²) in [6.07, 6.45) is 1.44. The van der Waals surface area contributed by atoms with E-state index < -0.39 is 17.1 Å². The zero-order valence-electron chi connectivity index (χ0n) is 24.7. The number of thiazole rings is 1. The molecule has 0 saturated heterocycles. The molecule has 5 aromatic rings. The highest BCUT2D eigenvalue weighted by Crippen LogP contribution is 2.32. The van der Waals surface area contributed by atoms with Crippen molar-refractivity contribution >= 4 is 91.1 Å². The van der Waals surface area contributed by atoms with E-state index in [0.29, 0.717) is 38.6 Å². The van der Waals surface area contributed by atoms with Crippen LogP contribution >= 0.6 is 46.3 Å². The van der Waals surface area contributed by atoms with Crippen LogP contribution in [-0.2, 0) is 9.59 Å². The lowest BCUT2D eigenvalue weighted by molar-refractivity contribution is -0.115. The Morgan fingerprint density at radius 1 is 0.935 bits per heavy atom. The van der Waals surface area contributed by atoms with Crippen LogP contribution in [0.4, 0.5) is 10.8 Å². The van der Waals surface area contributed by atoms with Gasteiger partial charge in [0.2, 0.25) is 5.91 Å². The fraction of sp³-hybridized carbons (Fsp3) is 0.118. The van der Waals surface area contributed by atoms with Crippen LogP contribution in [0.5, 0.6) is 5.75 Å². The number of hydrogen-bond donors (Lipinski definition) is 3. The largest absolute Gasteiger partial charge is 0.494 e. The second kappa shape index (κ2) is 15.3. The van der Waals surface area contributed by atoms with Crippen LogP contribution in [0, 0.1) is 0 Å². The van der Waals surface area contributed by atoms with E-state index in [4.69, 9.17) is 27.9 Å². The smallest absolute Gasteiger partial charge is 0.272 e. The Balaban J connectivity index is 1.29. The number of thioether (sulfide) groups is 1. The molecule has 0 spiro atoms.